The van der Waals surface area contributed by atoms with Gasteiger partial charge in [0, 0.05) is 11.3 Å². The van der Waals surface area contributed by atoms with Crippen LogP contribution in [-0.2, 0) is 0 Å². The summed E-state index contributed by atoms with van der Waals surface area (Å²) in [6, 6.07) is 4.04. The summed E-state index contributed by atoms with van der Waals surface area (Å²) in [4.78, 5) is 11.4. The van der Waals surface area contributed by atoms with Gasteiger partial charge in [0.15, 0.2) is 5.78 Å². The Labute approximate surface area is 71.6 Å². The molecule has 62 valence electrons. The van der Waals surface area contributed by atoms with Crippen LogP contribution in [0.25, 0.3) is 0 Å². The van der Waals surface area contributed by atoms with E-state index in [0.717, 1.165) is 22.4 Å². The van der Waals surface area contributed by atoms with Crippen LogP contribution in [0.3, 0.4) is 0 Å². The summed E-state index contributed by atoms with van der Waals surface area (Å²) < 4.78 is 0. The summed E-state index contributed by atoms with van der Waals surface area (Å²) in [6.45, 7) is 4.45. The van der Waals surface area contributed by atoms with E-state index in [9.17, 15) is 4.79 Å². The third kappa shape index (κ3) is 0.843. The Morgan fingerprint density at radius 2 is 1.92 bits per heavy atom. The van der Waals surface area contributed by atoms with Crippen molar-refractivity contribution in [2.24, 2.45) is 0 Å². The van der Waals surface area contributed by atoms with Gasteiger partial charge in [0.1, 0.15) is 0 Å². The van der Waals surface area contributed by atoms with E-state index >= 15 is 0 Å². The molecule has 0 saturated heterocycles. The molecular weight excluding hydrogens is 150 g/mol. The molecule has 2 nitrogen and oxygen atoms in total. The molecule has 0 aromatic heterocycles. The van der Waals surface area contributed by atoms with Gasteiger partial charge in [-0.15, -0.1) is 0 Å². The largest absolute Gasteiger partial charge is 0.377 e. The second-order valence-electron chi connectivity index (χ2n) is 3.23. The predicted octanol–water partition coefficient (Wildman–Crippen LogP) is 1.91. The topological polar surface area (TPSA) is 29.1 Å². The maximum Gasteiger partial charge on any atom is 0.184 e. The Kier molecular flexibility index (Phi) is 1.43. The third-order valence-corrected chi connectivity index (χ3v) is 2.33. The molecule has 0 bridgehead atoms. The van der Waals surface area contributed by atoms with Crippen LogP contribution in [0.1, 0.15) is 21.5 Å². The quantitative estimate of drug-likeness (QED) is 0.629. The van der Waals surface area contributed by atoms with Gasteiger partial charge >= 0.3 is 0 Å². The summed E-state index contributed by atoms with van der Waals surface area (Å²) >= 11 is 0. The lowest BCUT2D eigenvalue weighted by Gasteiger charge is -2.04. The molecule has 1 N–H and O–H groups in total. The molecule has 0 atom stereocenters. The molecule has 12 heavy (non-hydrogen) atoms. The Bertz CT molecular complexity index is 355. The van der Waals surface area contributed by atoms with E-state index in [1.165, 1.54) is 0 Å². The number of Topliss-reactive ketones (excluding diaryl/α,β-unsaturated/α-hetero) is 1. The highest BCUT2D eigenvalue weighted by Gasteiger charge is 2.21. The lowest BCUT2D eigenvalue weighted by atomic mass is 10.0. The van der Waals surface area contributed by atoms with Crippen LogP contribution in [0.2, 0.25) is 0 Å². The van der Waals surface area contributed by atoms with Crippen molar-refractivity contribution in [2.75, 3.05) is 11.9 Å². The van der Waals surface area contributed by atoms with Gasteiger partial charge in [-0.05, 0) is 25.0 Å². The number of fused-ring (bicyclic) bond motifs is 1. The van der Waals surface area contributed by atoms with Gasteiger partial charge in [0.05, 0.1) is 6.54 Å². The number of rotatable bonds is 0. The number of carbonyl (C=O) groups is 1. The number of hydrogen-bond donors (Lipinski definition) is 1. The molecule has 2 rings (SSSR count). The van der Waals surface area contributed by atoms with Crippen molar-refractivity contribution in [2.45, 2.75) is 13.8 Å². The molecule has 1 aromatic carbocycles. The summed E-state index contributed by atoms with van der Waals surface area (Å²) in [7, 11) is 0. The van der Waals surface area contributed by atoms with Gasteiger partial charge in [-0.1, -0.05) is 12.1 Å². The van der Waals surface area contributed by atoms with E-state index < -0.39 is 0 Å². The predicted molar refractivity (Wildman–Crippen MR) is 48.7 cm³/mol. The average molecular weight is 161 g/mol. The summed E-state index contributed by atoms with van der Waals surface area (Å²) in [6.07, 6.45) is 0. The number of carbonyl (C=O) groups excluding carboxylic acids is 1. The standard InChI is InChI=1S/C10H11NO/c1-6-3-4-7(2)10-9(6)8(12)5-11-10/h3-4,11H,5H2,1-2H3. The summed E-state index contributed by atoms with van der Waals surface area (Å²) in [5.74, 6) is 0.214. The van der Waals surface area contributed by atoms with E-state index in [1.807, 2.05) is 26.0 Å². The fourth-order valence-electron chi connectivity index (χ4n) is 1.66. The van der Waals surface area contributed by atoms with E-state index in [1.54, 1.807) is 0 Å². The number of nitrogens with one attached hydrogen (secondary N) is 1. The highest BCUT2D eigenvalue weighted by atomic mass is 16.1. The fraction of sp³-hybridized carbons (Fsp3) is 0.300. The van der Waals surface area contributed by atoms with Gasteiger partial charge in [0.25, 0.3) is 0 Å². The minimum Gasteiger partial charge on any atom is -0.377 e. The zero-order valence-electron chi connectivity index (χ0n) is 7.27. The molecule has 1 aliphatic heterocycles. The minimum atomic E-state index is 0.214. The molecule has 0 fully saturated rings. The number of ketones is 1. The maximum absolute atomic E-state index is 11.4. The molecule has 0 amide bonds. The lowest BCUT2D eigenvalue weighted by Crippen LogP contribution is -2.01. The molecule has 1 aliphatic rings. The summed E-state index contributed by atoms with van der Waals surface area (Å²) in [5, 5.41) is 3.11. The molecule has 2 heteroatoms. The highest BCUT2D eigenvalue weighted by Crippen LogP contribution is 2.28. The molecule has 0 saturated carbocycles. The van der Waals surface area contributed by atoms with Crippen LogP contribution >= 0.6 is 0 Å². The lowest BCUT2D eigenvalue weighted by molar-refractivity contribution is 0.101. The van der Waals surface area contributed by atoms with Crippen molar-refractivity contribution in [3.05, 3.63) is 28.8 Å². The first-order chi connectivity index (χ1) is 5.70. The Morgan fingerprint density at radius 1 is 1.25 bits per heavy atom. The van der Waals surface area contributed by atoms with Crippen molar-refractivity contribution in [3.63, 3.8) is 0 Å². The fourth-order valence-corrected chi connectivity index (χ4v) is 1.66. The van der Waals surface area contributed by atoms with Crippen molar-refractivity contribution >= 4 is 11.5 Å². The molecular formula is C10H11NO. The maximum atomic E-state index is 11.4. The third-order valence-electron chi connectivity index (χ3n) is 2.33. The van der Waals surface area contributed by atoms with Crippen LogP contribution in [0.5, 0.6) is 0 Å². The van der Waals surface area contributed by atoms with Crippen molar-refractivity contribution in [3.8, 4) is 0 Å². The minimum absolute atomic E-state index is 0.214. The first-order valence-corrected chi connectivity index (χ1v) is 4.07. The monoisotopic (exact) mass is 161 g/mol. The second-order valence-corrected chi connectivity index (χ2v) is 3.23. The van der Waals surface area contributed by atoms with E-state index in [2.05, 4.69) is 5.32 Å². The van der Waals surface area contributed by atoms with Crippen LogP contribution in [-0.4, -0.2) is 12.3 Å². The van der Waals surface area contributed by atoms with Crippen LogP contribution < -0.4 is 5.32 Å². The van der Waals surface area contributed by atoms with Crippen LogP contribution in [0.4, 0.5) is 5.69 Å². The van der Waals surface area contributed by atoms with Gasteiger partial charge in [-0.3, -0.25) is 4.79 Å². The SMILES string of the molecule is Cc1ccc(C)c2c1NCC2=O. The first kappa shape index (κ1) is 7.35. The first-order valence-electron chi connectivity index (χ1n) is 4.07. The smallest absolute Gasteiger partial charge is 0.184 e. The van der Waals surface area contributed by atoms with Gasteiger partial charge < -0.3 is 5.32 Å². The van der Waals surface area contributed by atoms with E-state index in [0.29, 0.717) is 6.54 Å². The summed E-state index contributed by atoms with van der Waals surface area (Å²) in [5.41, 5.74) is 4.14. The van der Waals surface area contributed by atoms with Crippen molar-refractivity contribution < 1.29 is 4.79 Å². The number of benzene rings is 1. The van der Waals surface area contributed by atoms with Gasteiger partial charge in [0.2, 0.25) is 0 Å². The molecule has 0 aliphatic carbocycles. The zero-order valence-corrected chi connectivity index (χ0v) is 7.27. The molecule has 1 heterocycles. The zero-order chi connectivity index (χ0) is 8.72. The Morgan fingerprint density at radius 3 is 2.58 bits per heavy atom. The molecule has 1 aromatic rings. The average Bonchev–Trinajstić information content (AvgIpc) is 2.42. The van der Waals surface area contributed by atoms with E-state index in [4.69, 9.17) is 0 Å². The van der Waals surface area contributed by atoms with Crippen LogP contribution in [0, 0.1) is 13.8 Å². The molecule has 0 radical (unpaired) electrons. The van der Waals surface area contributed by atoms with Crippen LogP contribution in [0.15, 0.2) is 12.1 Å². The molecule has 0 spiro atoms. The van der Waals surface area contributed by atoms with Gasteiger partial charge in [-0.25, -0.2) is 0 Å². The van der Waals surface area contributed by atoms with Crippen molar-refractivity contribution in [1.82, 2.24) is 0 Å². The number of anilines is 1. The molecule has 0 unspecified atom stereocenters. The number of hydrogen-bond acceptors (Lipinski definition) is 2. The normalized spacial score (nSPS) is 14.3. The number of aryl methyl sites for hydroxylation is 2. The highest BCUT2D eigenvalue weighted by molar-refractivity contribution is 6.09. The van der Waals surface area contributed by atoms with Crippen molar-refractivity contribution in [1.29, 1.82) is 0 Å². The second kappa shape index (κ2) is 2.34. The Hall–Kier alpha value is -1.31. The Balaban J connectivity index is 2.72. The van der Waals surface area contributed by atoms with E-state index in [-0.39, 0.29) is 5.78 Å². The van der Waals surface area contributed by atoms with Gasteiger partial charge in [-0.2, -0.15) is 0 Å².